The second kappa shape index (κ2) is 9.25. The number of halogens is 2. The van der Waals surface area contributed by atoms with E-state index in [4.69, 9.17) is 23.2 Å². The zero-order valence-corrected chi connectivity index (χ0v) is 20.5. The summed E-state index contributed by atoms with van der Waals surface area (Å²) >= 11 is 12.9. The Morgan fingerprint density at radius 2 is 1.69 bits per heavy atom. The van der Waals surface area contributed by atoms with Crippen LogP contribution in [0.2, 0.25) is 0 Å². The highest BCUT2D eigenvalue weighted by molar-refractivity contribution is 6.51. The topological polar surface area (TPSA) is 83.6 Å². The number of amides is 2. The molecule has 1 heterocycles. The Kier molecular flexibility index (Phi) is 6.94. The van der Waals surface area contributed by atoms with Crippen molar-refractivity contribution in [2.45, 2.75) is 88.1 Å². The van der Waals surface area contributed by atoms with Gasteiger partial charge in [0.2, 0.25) is 17.6 Å². The zero-order valence-electron chi connectivity index (χ0n) is 18.9. The van der Waals surface area contributed by atoms with Crippen molar-refractivity contribution in [3.8, 4) is 0 Å². The van der Waals surface area contributed by atoms with E-state index < -0.39 is 33.9 Å². The van der Waals surface area contributed by atoms with Gasteiger partial charge < -0.3 is 10.2 Å². The number of ketones is 2. The third-order valence-corrected chi connectivity index (χ3v) is 9.47. The maximum absolute atomic E-state index is 13.4. The molecule has 3 saturated carbocycles. The largest absolute Gasteiger partial charge is 0.344 e. The van der Waals surface area contributed by atoms with Crippen molar-refractivity contribution in [3.05, 3.63) is 0 Å². The number of hydrogen-bond donors (Lipinski definition) is 1. The Hall–Kier alpha value is -1.14. The summed E-state index contributed by atoms with van der Waals surface area (Å²) in [5, 5.41) is 2.82. The van der Waals surface area contributed by atoms with Crippen molar-refractivity contribution >= 4 is 46.6 Å². The van der Waals surface area contributed by atoms with Crippen LogP contribution >= 0.6 is 23.2 Å². The van der Waals surface area contributed by atoms with Gasteiger partial charge in [-0.15, -0.1) is 23.2 Å². The van der Waals surface area contributed by atoms with E-state index in [9.17, 15) is 19.2 Å². The van der Waals surface area contributed by atoms with Crippen molar-refractivity contribution in [1.29, 1.82) is 0 Å². The normalized spacial score (nSPS) is 31.2. The quantitative estimate of drug-likeness (QED) is 0.420. The predicted molar refractivity (Wildman–Crippen MR) is 122 cm³/mol. The van der Waals surface area contributed by atoms with Gasteiger partial charge in [0, 0.05) is 31.2 Å². The highest BCUT2D eigenvalue weighted by atomic mass is 35.5. The number of alkyl halides is 2. The molecule has 6 nitrogen and oxygen atoms in total. The van der Waals surface area contributed by atoms with Gasteiger partial charge in [-0.25, -0.2) is 0 Å². The molecular formula is C24H34Cl2N2O4. The van der Waals surface area contributed by atoms with E-state index >= 15 is 0 Å². The lowest BCUT2D eigenvalue weighted by Crippen LogP contribution is -2.56. The smallest absolute Gasteiger partial charge is 0.243 e. The first-order valence-electron chi connectivity index (χ1n) is 12.2. The summed E-state index contributed by atoms with van der Waals surface area (Å²) < 4.78 is -1.03. The third-order valence-electron chi connectivity index (χ3n) is 8.40. The summed E-state index contributed by atoms with van der Waals surface area (Å²) in [4.78, 5) is 52.8. The molecule has 5 atom stereocenters. The van der Waals surface area contributed by atoms with Crippen LogP contribution in [0.15, 0.2) is 0 Å². The highest BCUT2D eigenvalue weighted by Gasteiger charge is 2.74. The summed E-state index contributed by atoms with van der Waals surface area (Å²) in [5.74, 6) is -1.55. The third kappa shape index (κ3) is 4.46. The van der Waals surface area contributed by atoms with Gasteiger partial charge in [0.1, 0.15) is 10.4 Å². The molecule has 4 rings (SSSR count). The summed E-state index contributed by atoms with van der Waals surface area (Å²) in [5.41, 5.74) is 0. The summed E-state index contributed by atoms with van der Waals surface area (Å²) in [7, 11) is 0. The molecule has 0 unspecified atom stereocenters. The first-order chi connectivity index (χ1) is 15.1. The molecule has 0 radical (unpaired) electrons. The Bertz CT molecular complexity index is 791. The fraction of sp³-hybridized carbons (Fsp3) is 0.833. The Balaban J connectivity index is 1.49. The molecule has 1 N–H and O–H groups in total. The lowest BCUT2D eigenvalue weighted by Gasteiger charge is -2.35. The maximum atomic E-state index is 13.4. The number of carbonyl (C=O) groups excluding carboxylic acids is 4. The fourth-order valence-electron chi connectivity index (χ4n) is 6.03. The van der Waals surface area contributed by atoms with Crippen molar-refractivity contribution in [1.82, 2.24) is 10.2 Å². The van der Waals surface area contributed by atoms with Crippen LogP contribution < -0.4 is 5.32 Å². The van der Waals surface area contributed by atoms with Gasteiger partial charge in [0.25, 0.3) is 0 Å². The Morgan fingerprint density at radius 3 is 2.25 bits per heavy atom. The van der Waals surface area contributed by atoms with Gasteiger partial charge in [0.05, 0.1) is 6.04 Å². The van der Waals surface area contributed by atoms with E-state index in [1.807, 2.05) is 6.92 Å². The number of piperidine rings is 1. The molecule has 1 aliphatic heterocycles. The van der Waals surface area contributed by atoms with Crippen LogP contribution in [0.1, 0.15) is 71.6 Å². The Labute approximate surface area is 200 Å². The minimum Gasteiger partial charge on any atom is -0.344 e. The fourth-order valence-corrected chi connectivity index (χ4v) is 6.85. The minimum absolute atomic E-state index is 0.0261. The molecule has 0 aromatic rings. The van der Waals surface area contributed by atoms with Gasteiger partial charge in [0.15, 0.2) is 5.78 Å². The summed E-state index contributed by atoms with van der Waals surface area (Å²) in [6, 6.07) is -1.65. The average molecular weight is 485 g/mol. The van der Waals surface area contributed by atoms with E-state index in [-0.39, 0.29) is 23.7 Å². The van der Waals surface area contributed by atoms with E-state index in [1.54, 1.807) is 4.90 Å². The van der Waals surface area contributed by atoms with E-state index in [2.05, 4.69) is 5.32 Å². The summed E-state index contributed by atoms with van der Waals surface area (Å²) in [6.45, 7) is 3.56. The first kappa shape index (κ1) is 24.0. The van der Waals surface area contributed by atoms with Crippen molar-refractivity contribution in [2.75, 3.05) is 6.54 Å². The predicted octanol–water partition coefficient (Wildman–Crippen LogP) is 3.67. The number of fused-ring (bicyclic) bond motifs is 1. The lowest BCUT2D eigenvalue weighted by molar-refractivity contribution is -0.145. The molecule has 1 saturated heterocycles. The molecule has 4 aliphatic rings. The maximum Gasteiger partial charge on any atom is 0.243 e. The van der Waals surface area contributed by atoms with E-state index in [1.165, 1.54) is 13.3 Å². The van der Waals surface area contributed by atoms with Gasteiger partial charge in [-0.1, -0.05) is 45.4 Å². The standard InChI is InChI=1S/C24H34Cl2N2O4/c1-13(16-9-4-3-5-10-16)23(32)28-12-17-19(24(17,25)26)20(28)22(31)27-18(21(30)14(2)29)11-15-7-6-8-15/h13,15-20H,3-12H2,1-2H3,(H,27,31)/t13-,17-,18-,19-,20-/m0/s1. The van der Waals surface area contributed by atoms with Crippen LogP contribution in [0.5, 0.6) is 0 Å². The Morgan fingerprint density at radius 1 is 1.03 bits per heavy atom. The monoisotopic (exact) mass is 484 g/mol. The van der Waals surface area contributed by atoms with Gasteiger partial charge in [-0.3, -0.25) is 19.2 Å². The van der Waals surface area contributed by atoms with Crippen LogP contribution in [-0.2, 0) is 19.2 Å². The molecule has 4 fully saturated rings. The second-order valence-electron chi connectivity index (χ2n) is 10.4. The van der Waals surface area contributed by atoms with Crippen molar-refractivity contribution < 1.29 is 19.2 Å². The van der Waals surface area contributed by atoms with Crippen LogP contribution in [0.25, 0.3) is 0 Å². The number of nitrogens with one attached hydrogen (secondary N) is 1. The molecule has 3 aliphatic carbocycles. The summed E-state index contributed by atoms with van der Waals surface area (Å²) in [6.07, 6.45) is 9.14. The molecule has 2 amide bonds. The number of hydrogen-bond acceptors (Lipinski definition) is 4. The van der Waals surface area contributed by atoms with Crippen molar-refractivity contribution in [3.63, 3.8) is 0 Å². The molecule has 8 heteroatoms. The number of Topliss-reactive ketones (excluding diaryl/α,β-unsaturated/α-hetero) is 2. The average Bonchev–Trinajstić information content (AvgIpc) is 3.08. The van der Waals surface area contributed by atoms with Crippen LogP contribution in [-0.4, -0.2) is 51.2 Å². The first-order valence-corrected chi connectivity index (χ1v) is 12.9. The van der Waals surface area contributed by atoms with Crippen LogP contribution in [0, 0.1) is 29.6 Å². The number of rotatable bonds is 8. The molecule has 0 bridgehead atoms. The molecule has 0 aromatic carbocycles. The number of nitrogens with zero attached hydrogens (tertiary/aromatic N) is 1. The number of carbonyl (C=O) groups is 4. The van der Waals surface area contributed by atoms with Gasteiger partial charge in [-0.05, 0) is 31.1 Å². The highest BCUT2D eigenvalue weighted by Crippen LogP contribution is 2.65. The molecule has 32 heavy (non-hydrogen) atoms. The zero-order chi connectivity index (χ0) is 23.2. The van der Waals surface area contributed by atoms with Crippen LogP contribution in [0.3, 0.4) is 0 Å². The van der Waals surface area contributed by atoms with Crippen molar-refractivity contribution in [2.24, 2.45) is 29.6 Å². The molecule has 178 valence electrons. The van der Waals surface area contributed by atoms with E-state index in [0.29, 0.717) is 24.8 Å². The van der Waals surface area contributed by atoms with Gasteiger partial charge >= 0.3 is 0 Å². The van der Waals surface area contributed by atoms with Gasteiger partial charge in [-0.2, -0.15) is 0 Å². The minimum atomic E-state index is -1.03. The van der Waals surface area contributed by atoms with E-state index in [0.717, 1.165) is 44.9 Å². The SMILES string of the molecule is CC(=O)C(=O)[C@H](CC1CCC1)NC(=O)[C@@H]1[C@@H]2[C@H](CN1C(=O)[C@@H](C)C1CCCCC1)C2(Cl)Cl. The second-order valence-corrected chi connectivity index (χ2v) is 11.9. The van der Waals surface area contributed by atoms with Crippen LogP contribution in [0.4, 0.5) is 0 Å². The molecule has 0 spiro atoms. The molecular weight excluding hydrogens is 451 g/mol. The lowest BCUT2D eigenvalue weighted by atomic mass is 9.79. The molecule has 0 aromatic heterocycles. The number of likely N-dealkylation sites (tertiary alicyclic amines) is 1.